The van der Waals surface area contributed by atoms with E-state index in [1.165, 1.54) is 55.3 Å². The molecule has 2 heterocycles. The molecule has 3 nitrogen and oxygen atoms in total. The minimum atomic E-state index is 0.352. The molecule has 0 saturated carbocycles. The van der Waals surface area contributed by atoms with Gasteiger partial charge in [0, 0.05) is 35.2 Å². The molecular weight excluding hydrogens is 454 g/mol. The first-order chi connectivity index (χ1) is 14.7. The summed E-state index contributed by atoms with van der Waals surface area (Å²) < 4.78 is 1.14. The fourth-order valence-electron chi connectivity index (χ4n) is 5.03. The third-order valence-electron chi connectivity index (χ3n) is 6.55. The highest BCUT2D eigenvalue weighted by atomic mass is 79.9. The Balaban J connectivity index is 1.51. The van der Waals surface area contributed by atoms with E-state index in [9.17, 15) is 0 Å². The second kappa shape index (κ2) is 10.1. The van der Waals surface area contributed by atoms with Gasteiger partial charge in [-0.2, -0.15) is 0 Å². The van der Waals surface area contributed by atoms with Gasteiger partial charge in [-0.15, -0.1) is 0 Å². The fraction of sp³-hybridized carbons (Fsp3) is 0.480. The van der Waals surface area contributed by atoms with Gasteiger partial charge in [-0.1, -0.05) is 78.9 Å². The number of nitrogens with zero attached hydrogens (tertiary/aromatic N) is 1. The van der Waals surface area contributed by atoms with Crippen molar-refractivity contribution in [3.63, 3.8) is 0 Å². The molecule has 3 atom stereocenters. The summed E-state index contributed by atoms with van der Waals surface area (Å²) in [5.41, 5.74) is 3.91. The zero-order chi connectivity index (χ0) is 20.9. The summed E-state index contributed by atoms with van der Waals surface area (Å²) in [4.78, 5) is 2.44. The lowest BCUT2D eigenvalue weighted by atomic mass is 9.81. The number of hydrogen-bond donors (Lipinski definition) is 2. The molecule has 2 aliphatic rings. The number of benzene rings is 2. The number of thiocarbonyl (C=S) groups is 1. The van der Waals surface area contributed by atoms with Crippen LogP contribution in [0.25, 0.3) is 0 Å². The lowest BCUT2D eigenvalue weighted by molar-refractivity contribution is 0.289. The van der Waals surface area contributed by atoms with Crippen molar-refractivity contribution in [3.05, 3.63) is 64.1 Å². The first-order valence-electron chi connectivity index (χ1n) is 11.3. The molecule has 2 N–H and O–H groups in total. The van der Waals surface area contributed by atoms with Gasteiger partial charge in [0.05, 0.1) is 6.04 Å². The molecule has 0 aliphatic carbocycles. The Morgan fingerprint density at radius 1 is 1.17 bits per heavy atom. The number of unbranched alkanes of at least 4 members (excludes halogenated alkanes) is 3. The maximum absolute atomic E-state index is 5.89. The van der Waals surface area contributed by atoms with Gasteiger partial charge in [0.2, 0.25) is 0 Å². The number of rotatable bonds is 7. The molecule has 0 bridgehead atoms. The number of hydrogen-bond acceptors (Lipinski definition) is 2. The second-order valence-corrected chi connectivity index (χ2v) is 9.87. The Labute approximate surface area is 194 Å². The third kappa shape index (κ3) is 4.83. The highest BCUT2D eigenvalue weighted by molar-refractivity contribution is 9.10. The quantitative estimate of drug-likeness (QED) is 0.338. The van der Waals surface area contributed by atoms with Gasteiger partial charge in [-0.25, -0.2) is 0 Å². The predicted molar refractivity (Wildman–Crippen MR) is 134 cm³/mol. The summed E-state index contributed by atoms with van der Waals surface area (Å²) in [7, 11) is 0. The maximum atomic E-state index is 5.89. The molecule has 2 aromatic carbocycles. The predicted octanol–water partition coefficient (Wildman–Crippen LogP) is 6.65. The minimum absolute atomic E-state index is 0.352. The summed E-state index contributed by atoms with van der Waals surface area (Å²) >= 11 is 9.57. The van der Waals surface area contributed by atoms with Gasteiger partial charge in [0.15, 0.2) is 5.11 Å². The van der Waals surface area contributed by atoms with Crippen molar-refractivity contribution < 1.29 is 0 Å². The Morgan fingerprint density at radius 3 is 2.80 bits per heavy atom. The molecule has 2 aliphatic heterocycles. The topological polar surface area (TPSA) is 27.3 Å². The zero-order valence-electron chi connectivity index (χ0n) is 17.7. The Kier molecular flexibility index (Phi) is 7.32. The molecule has 0 spiro atoms. The van der Waals surface area contributed by atoms with Crippen LogP contribution < -0.4 is 10.6 Å². The van der Waals surface area contributed by atoms with Crippen LogP contribution in [0.1, 0.15) is 62.6 Å². The van der Waals surface area contributed by atoms with Crippen LogP contribution in [-0.2, 0) is 6.54 Å². The van der Waals surface area contributed by atoms with Crippen molar-refractivity contribution in [1.82, 2.24) is 10.2 Å². The fourth-order valence-corrected chi connectivity index (χ4v) is 5.69. The zero-order valence-corrected chi connectivity index (χ0v) is 20.1. The normalized spacial score (nSPS) is 22.2. The smallest absolute Gasteiger partial charge is 0.169 e. The molecule has 1 saturated heterocycles. The summed E-state index contributed by atoms with van der Waals surface area (Å²) in [5.74, 6) is 0.602. The highest BCUT2D eigenvalue weighted by Gasteiger charge is 2.44. The van der Waals surface area contributed by atoms with Gasteiger partial charge in [-0.3, -0.25) is 0 Å². The van der Waals surface area contributed by atoms with Crippen LogP contribution in [0.2, 0.25) is 0 Å². The van der Waals surface area contributed by atoms with Crippen LogP contribution >= 0.6 is 28.1 Å². The van der Waals surface area contributed by atoms with Crippen molar-refractivity contribution >= 4 is 38.9 Å². The molecular formula is C25H32BrN3S. The molecule has 0 unspecified atom stereocenters. The lowest BCUT2D eigenvalue weighted by Crippen LogP contribution is -2.44. The lowest BCUT2D eigenvalue weighted by Gasteiger charge is -2.40. The van der Waals surface area contributed by atoms with E-state index in [4.69, 9.17) is 12.2 Å². The van der Waals surface area contributed by atoms with Gasteiger partial charge >= 0.3 is 0 Å². The van der Waals surface area contributed by atoms with Crippen molar-refractivity contribution in [2.45, 2.75) is 64.1 Å². The maximum Gasteiger partial charge on any atom is 0.169 e. The molecule has 1 fully saturated rings. The van der Waals surface area contributed by atoms with E-state index in [-0.39, 0.29) is 0 Å². The molecule has 4 rings (SSSR count). The molecule has 160 valence electrons. The van der Waals surface area contributed by atoms with Crippen molar-refractivity contribution in [3.8, 4) is 0 Å². The van der Waals surface area contributed by atoms with Crippen LogP contribution in [0.3, 0.4) is 0 Å². The summed E-state index contributed by atoms with van der Waals surface area (Å²) in [6.07, 6.45) is 7.70. The van der Waals surface area contributed by atoms with E-state index in [2.05, 4.69) is 86.9 Å². The first-order valence-corrected chi connectivity index (χ1v) is 12.5. The number of likely N-dealkylation sites (tertiary alicyclic amines) is 1. The summed E-state index contributed by atoms with van der Waals surface area (Å²) in [6, 6.07) is 18.0. The average molecular weight is 487 g/mol. The number of halogens is 1. The van der Waals surface area contributed by atoms with Crippen LogP contribution in [0.5, 0.6) is 0 Å². The highest BCUT2D eigenvalue weighted by Crippen LogP contribution is 2.48. The van der Waals surface area contributed by atoms with Crippen molar-refractivity contribution in [2.75, 3.05) is 11.9 Å². The summed E-state index contributed by atoms with van der Waals surface area (Å²) in [5, 5.41) is 8.28. The Morgan fingerprint density at radius 2 is 2.00 bits per heavy atom. The number of nitrogens with one attached hydrogen (secondary N) is 2. The van der Waals surface area contributed by atoms with Crippen LogP contribution in [0, 0.1) is 5.92 Å². The average Bonchev–Trinajstić information content (AvgIpc) is 3.22. The van der Waals surface area contributed by atoms with Gasteiger partial charge in [0.1, 0.15) is 0 Å². The van der Waals surface area contributed by atoms with Crippen molar-refractivity contribution in [1.29, 1.82) is 0 Å². The molecule has 2 aromatic rings. The standard InChI is InChI=1S/C25H32BrN3S/c1-2-3-4-8-11-22-20-14-15-29(25(30)27-17-18-9-6-5-7-10-18)24(20)21-16-19(26)12-13-23(21)28-22/h5-7,9-10,12-13,16,20,22,24,28H,2-4,8,11,14-15,17H2,1H3,(H,27,30)/t20-,22+,24-/m0/s1. The van der Waals surface area contributed by atoms with E-state index < -0.39 is 0 Å². The van der Waals surface area contributed by atoms with Crippen LogP contribution in [-0.4, -0.2) is 22.6 Å². The SMILES string of the molecule is CCCCCC[C@H]1Nc2ccc(Br)cc2[C@@H]2[C@H]1CCN2C(=S)NCc1ccccc1. The summed E-state index contributed by atoms with van der Waals surface area (Å²) in [6.45, 7) is 4.08. The minimum Gasteiger partial charge on any atom is -0.382 e. The van der Waals surface area contributed by atoms with Crippen molar-refractivity contribution in [2.24, 2.45) is 5.92 Å². The van der Waals surface area contributed by atoms with E-state index in [1.807, 2.05) is 0 Å². The van der Waals surface area contributed by atoms with E-state index in [0.29, 0.717) is 18.0 Å². The van der Waals surface area contributed by atoms with E-state index in [0.717, 1.165) is 22.7 Å². The van der Waals surface area contributed by atoms with E-state index in [1.54, 1.807) is 0 Å². The Hall–Kier alpha value is -1.59. The molecule has 0 aromatic heterocycles. The van der Waals surface area contributed by atoms with Crippen LogP contribution in [0.4, 0.5) is 5.69 Å². The Bertz CT molecular complexity index is 857. The van der Waals surface area contributed by atoms with E-state index >= 15 is 0 Å². The largest absolute Gasteiger partial charge is 0.382 e. The molecule has 5 heteroatoms. The monoisotopic (exact) mass is 485 g/mol. The molecule has 0 radical (unpaired) electrons. The second-order valence-electron chi connectivity index (χ2n) is 8.57. The van der Waals surface area contributed by atoms with Gasteiger partial charge in [-0.05, 0) is 54.4 Å². The van der Waals surface area contributed by atoms with Gasteiger partial charge in [0.25, 0.3) is 0 Å². The molecule has 30 heavy (non-hydrogen) atoms. The van der Waals surface area contributed by atoms with Crippen LogP contribution in [0.15, 0.2) is 53.0 Å². The van der Waals surface area contributed by atoms with Gasteiger partial charge < -0.3 is 15.5 Å². The first kappa shape index (κ1) is 21.6. The third-order valence-corrected chi connectivity index (χ3v) is 7.42. The number of anilines is 1. The number of fused-ring (bicyclic) bond motifs is 3. The molecule has 0 amide bonds.